The Morgan fingerprint density at radius 2 is 2.21 bits per heavy atom. The Labute approximate surface area is 144 Å². The molecule has 1 heterocycles. The van der Waals surface area contributed by atoms with Crippen LogP contribution in [0.15, 0.2) is 0 Å². The van der Waals surface area contributed by atoms with Crippen LogP contribution in [0.5, 0.6) is 0 Å². The third-order valence-electron chi connectivity index (χ3n) is 5.40. The maximum absolute atomic E-state index is 11.3. The second-order valence-corrected chi connectivity index (χ2v) is 7.22. The molecule has 0 saturated heterocycles. The van der Waals surface area contributed by atoms with Crippen LogP contribution in [0, 0.1) is 19.3 Å². The predicted molar refractivity (Wildman–Crippen MR) is 92.6 cm³/mol. The van der Waals surface area contributed by atoms with Crippen LogP contribution in [0.3, 0.4) is 0 Å². The number of nitrogens with zero attached hydrogens (tertiary/aromatic N) is 2. The second kappa shape index (κ2) is 8.12. The van der Waals surface area contributed by atoms with Gasteiger partial charge in [0.15, 0.2) is 0 Å². The Morgan fingerprint density at radius 3 is 2.88 bits per heavy atom. The van der Waals surface area contributed by atoms with Crippen LogP contribution in [0.2, 0.25) is 0 Å². The molecule has 1 aliphatic rings. The Balaban J connectivity index is 1.92. The van der Waals surface area contributed by atoms with Gasteiger partial charge in [0.25, 0.3) is 0 Å². The molecule has 0 aromatic carbocycles. The number of ether oxygens (including phenoxy) is 1. The quantitative estimate of drug-likeness (QED) is 0.745. The zero-order chi connectivity index (χ0) is 17.7. The highest BCUT2D eigenvalue weighted by Crippen LogP contribution is 2.35. The second-order valence-electron chi connectivity index (χ2n) is 7.22. The largest absolute Gasteiger partial charge is 0.469 e. The van der Waals surface area contributed by atoms with Crippen LogP contribution in [-0.2, 0) is 22.6 Å². The molecule has 1 aromatic rings. The van der Waals surface area contributed by atoms with Gasteiger partial charge in [0.1, 0.15) is 0 Å². The molecule has 1 aliphatic carbocycles. The van der Waals surface area contributed by atoms with Crippen molar-refractivity contribution in [1.29, 1.82) is 0 Å². The van der Waals surface area contributed by atoms with Gasteiger partial charge in [-0.15, -0.1) is 0 Å². The molecule has 6 nitrogen and oxygen atoms in total. The SMILES string of the molecule is COC(=O)CCn1nc(C)c(CNCC2(C)CCCCC2O)c1C. The monoisotopic (exact) mass is 337 g/mol. The molecule has 24 heavy (non-hydrogen) atoms. The van der Waals surface area contributed by atoms with E-state index in [1.807, 2.05) is 18.5 Å². The average Bonchev–Trinajstić information content (AvgIpc) is 2.83. The molecule has 2 unspecified atom stereocenters. The van der Waals surface area contributed by atoms with E-state index >= 15 is 0 Å². The van der Waals surface area contributed by atoms with Crippen molar-refractivity contribution >= 4 is 5.97 Å². The van der Waals surface area contributed by atoms with Gasteiger partial charge in [-0.2, -0.15) is 5.10 Å². The third kappa shape index (κ3) is 4.36. The first-order chi connectivity index (χ1) is 11.4. The lowest BCUT2D eigenvalue weighted by Gasteiger charge is -2.38. The van der Waals surface area contributed by atoms with Gasteiger partial charge >= 0.3 is 5.97 Å². The minimum atomic E-state index is -0.221. The molecule has 1 fully saturated rings. The van der Waals surface area contributed by atoms with Gasteiger partial charge in [0, 0.05) is 29.8 Å². The van der Waals surface area contributed by atoms with Gasteiger partial charge in [0.2, 0.25) is 0 Å². The highest BCUT2D eigenvalue weighted by atomic mass is 16.5. The Bertz CT molecular complexity index is 570. The first-order valence-electron chi connectivity index (χ1n) is 8.86. The fourth-order valence-electron chi connectivity index (χ4n) is 3.57. The summed E-state index contributed by atoms with van der Waals surface area (Å²) in [4.78, 5) is 11.3. The van der Waals surface area contributed by atoms with Crippen LogP contribution >= 0.6 is 0 Å². The van der Waals surface area contributed by atoms with E-state index in [0.29, 0.717) is 13.0 Å². The van der Waals surface area contributed by atoms with E-state index in [2.05, 4.69) is 22.1 Å². The number of hydrogen-bond acceptors (Lipinski definition) is 5. The van der Waals surface area contributed by atoms with E-state index in [1.165, 1.54) is 19.1 Å². The van der Waals surface area contributed by atoms with E-state index in [9.17, 15) is 9.90 Å². The van der Waals surface area contributed by atoms with E-state index in [1.54, 1.807) is 0 Å². The number of aromatic nitrogens is 2. The van der Waals surface area contributed by atoms with Crippen LogP contribution < -0.4 is 5.32 Å². The van der Waals surface area contributed by atoms with E-state index in [-0.39, 0.29) is 17.5 Å². The molecule has 1 aromatic heterocycles. The standard InChI is InChI=1S/C18H31N3O3/c1-13-15(14(2)21(20-13)10-8-17(23)24-4)11-19-12-18(3)9-6-5-7-16(18)22/h16,19,22H,5-12H2,1-4H3. The minimum Gasteiger partial charge on any atom is -0.469 e. The number of aryl methyl sites for hydroxylation is 2. The number of methoxy groups -OCH3 is 1. The number of aliphatic hydroxyl groups is 1. The fraction of sp³-hybridized carbons (Fsp3) is 0.778. The van der Waals surface area contributed by atoms with E-state index < -0.39 is 0 Å². The number of nitrogens with one attached hydrogen (secondary N) is 1. The summed E-state index contributed by atoms with van der Waals surface area (Å²) in [7, 11) is 1.40. The van der Waals surface area contributed by atoms with Crippen molar-refractivity contribution in [3.8, 4) is 0 Å². The fourth-order valence-corrected chi connectivity index (χ4v) is 3.57. The van der Waals surface area contributed by atoms with Crippen molar-refractivity contribution < 1.29 is 14.6 Å². The molecule has 2 atom stereocenters. The van der Waals surface area contributed by atoms with Gasteiger partial charge < -0.3 is 15.2 Å². The summed E-state index contributed by atoms with van der Waals surface area (Å²) in [5, 5.41) is 18.3. The van der Waals surface area contributed by atoms with E-state index in [0.717, 1.165) is 43.7 Å². The molecule has 0 amide bonds. The molecule has 136 valence electrons. The summed E-state index contributed by atoms with van der Waals surface area (Å²) < 4.78 is 6.56. The maximum atomic E-state index is 11.3. The summed E-state index contributed by atoms with van der Waals surface area (Å²) in [5.41, 5.74) is 3.20. The summed E-state index contributed by atoms with van der Waals surface area (Å²) in [6.45, 7) is 8.28. The predicted octanol–water partition coefficient (Wildman–Crippen LogP) is 2.09. The lowest BCUT2D eigenvalue weighted by Crippen LogP contribution is -2.43. The van der Waals surface area contributed by atoms with Crippen LogP contribution in [0.4, 0.5) is 0 Å². The summed E-state index contributed by atoms with van der Waals surface area (Å²) in [6, 6.07) is 0. The number of carbonyl (C=O) groups excluding carboxylic acids is 1. The number of esters is 1. The molecule has 0 radical (unpaired) electrons. The maximum Gasteiger partial charge on any atom is 0.307 e. The molecular weight excluding hydrogens is 306 g/mol. The molecule has 6 heteroatoms. The number of rotatable bonds is 7. The molecule has 0 bridgehead atoms. The summed E-state index contributed by atoms with van der Waals surface area (Å²) in [6.07, 6.45) is 4.40. The molecule has 0 spiro atoms. The first kappa shape index (κ1) is 18.9. The summed E-state index contributed by atoms with van der Waals surface area (Å²) >= 11 is 0. The van der Waals surface area contributed by atoms with Crippen LogP contribution in [0.25, 0.3) is 0 Å². The average molecular weight is 337 g/mol. The van der Waals surface area contributed by atoms with Gasteiger partial charge in [-0.25, -0.2) is 0 Å². The normalized spacial score (nSPS) is 24.1. The Morgan fingerprint density at radius 1 is 1.46 bits per heavy atom. The highest BCUT2D eigenvalue weighted by molar-refractivity contribution is 5.68. The van der Waals surface area contributed by atoms with Crippen molar-refractivity contribution in [2.24, 2.45) is 5.41 Å². The van der Waals surface area contributed by atoms with Crippen molar-refractivity contribution in [1.82, 2.24) is 15.1 Å². The summed E-state index contributed by atoms with van der Waals surface area (Å²) in [5.74, 6) is -0.221. The van der Waals surface area contributed by atoms with Crippen molar-refractivity contribution in [2.75, 3.05) is 13.7 Å². The number of aliphatic hydroxyl groups excluding tert-OH is 1. The lowest BCUT2D eigenvalue weighted by molar-refractivity contribution is -0.140. The van der Waals surface area contributed by atoms with Gasteiger partial charge in [-0.05, 0) is 26.7 Å². The molecule has 2 rings (SSSR count). The minimum absolute atomic E-state index is 0.0407. The van der Waals surface area contributed by atoms with Gasteiger partial charge in [-0.1, -0.05) is 19.8 Å². The van der Waals surface area contributed by atoms with Gasteiger partial charge in [-0.3, -0.25) is 9.48 Å². The smallest absolute Gasteiger partial charge is 0.307 e. The zero-order valence-electron chi connectivity index (χ0n) is 15.4. The Kier molecular flexibility index (Phi) is 6.40. The lowest BCUT2D eigenvalue weighted by atomic mass is 9.73. The third-order valence-corrected chi connectivity index (χ3v) is 5.40. The molecule has 0 aliphatic heterocycles. The number of hydrogen-bond donors (Lipinski definition) is 2. The molecular formula is C18H31N3O3. The number of carbonyl (C=O) groups is 1. The van der Waals surface area contributed by atoms with Crippen LogP contribution in [0.1, 0.15) is 56.0 Å². The molecule has 1 saturated carbocycles. The highest BCUT2D eigenvalue weighted by Gasteiger charge is 2.34. The van der Waals surface area contributed by atoms with Crippen LogP contribution in [-0.4, -0.2) is 40.6 Å². The van der Waals surface area contributed by atoms with Crippen molar-refractivity contribution in [3.05, 3.63) is 17.0 Å². The zero-order valence-corrected chi connectivity index (χ0v) is 15.4. The van der Waals surface area contributed by atoms with Crippen molar-refractivity contribution in [2.45, 2.75) is 72.1 Å². The topological polar surface area (TPSA) is 76.4 Å². The van der Waals surface area contributed by atoms with Gasteiger partial charge in [0.05, 0.1) is 31.9 Å². The Hall–Kier alpha value is -1.40. The van der Waals surface area contributed by atoms with Crippen molar-refractivity contribution in [3.63, 3.8) is 0 Å². The molecule has 2 N–H and O–H groups in total. The van der Waals surface area contributed by atoms with E-state index in [4.69, 9.17) is 0 Å². The first-order valence-corrected chi connectivity index (χ1v) is 8.86.